The summed E-state index contributed by atoms with van der Waals surface area (Å²) in [6.07, 6.45) is 2.40. The minimum Gasteiger partial charge on any atom is -0.483 e. The molecule has 2 heterocycles. The van der Waals surface area contributed by atoms with Crippen LogP contribution in [0.15, 0.2) is 24.3 Å². The maximum Gasteiger partial charge on any atom is 0.290 e. The lowest BCUT2D eigenvalue weighted by molar-refractivity contribution is -0.132. The van der Waals surface area contributed by atoms with E-state index in [1.807, 2.05) is 0 Å². The number of fused-ring (bicyclic) bond motifs is 2. The lowest BCUT2D eigenvalue weighted by atomic mass is 10.00. The highest BCUT2D eigenvalue weighted by molar-refractivity contribution is 5.79. The number of rotatable bonds is 2. The average Bonchev–Trinajstić information content (AvgIpc) is 3.05. The highest BCUT2D eigenvalue weighted by Gasteiger charge is 2.57. The third-order valence-corrected chi connectivity index (χ3v) is 5.45. The molecular formula is C18H24N2O3. The number of likely N-dealkylation sites (tertiary alicyclic amines) is 1. The second-order valence-corrected chi connectivity index (χ2v) is 7.16. The first kappa shape index (κ1) is 16.0. The molecule has 1 saturated heterocycles. The van der Waals surface area contributed by atoms with Crippen molar-refractivity contribution in [1.82, 2.24) is 9.80 Å². The summed E-state index contributed by atoms with van der Waals surface area (Å²) >= 11 is 0. The molecule has 4 rings (SSSR count). The Morgan fingerprint density at radius 3 is 2.74 bits per heavy atom. The van der Waals surface area contributed by atoms with Gasteiger partial charge in [-0.25, -0.2) is 0 Å². The first-order valence-electron chi connectivity index (χ1n) is 8.20. The topological polar surface area (TPSA) is 60.9 Å². The standard InChI is InChI=1S/C17H22N2O.CH2O2/c1-17-8-15(17)10-19(12-17)16(20)11-18-7-6-13-4-2-3-5-14(13)9-18;2-1-3/h2-5,15H,6-12H2,1H3;1H,(H,2,3). The van der Waals surface area contributed by atoms with Crippen LogP contribution >= 0.6 is 0 Å². The zero-order valence-electron chi connectivity index (χ0n) is 13.6. The second kappa shape index (κ2) is 6.32. The Morgan fingerprint density at radius 2 is 2.09 bits per heavy atom. The van der Waals surface area contributed by atoms with Crippen molar-refractivity contribution in [1.29, 1.82) is 0 Å². The number of amides is 1. The lowest BCUT2D eigenvalue weighted by Crippen LogP contribution is -2.42. The van der Waals surface area contributed by atoms with Crippen LogP contribution in [0.25, 0.3) is 0 Å². The van der Waals surface area contributed by atoms with Crippen molar-refractivity contribution in [3.05, 3.63) is 35.4 Å². The fourth-order valence-corrected chi connectivity index (χ4v) is 3.92. The molecule has 5 nitrogen and oxygen atoms in total. The molecule has 0 bridgehead atoms. The maximum atomic E-state index is 12.4. The van der Waals surface area contributed by atoms with Gasteiger partial charge in [0.2, 0.25) is 5.91 Å². The number of carboxylic acid groups (broad SMARTS) is 1. The molecule has 1 aliphatic carbocycles. The van der Waals surface area contributed by atoms with Crippen LogP contribution in [0.1, 0.15) is 24.5 Å². The van der Waals surface area contributed by atoms with Crippen molar-refractivity contribution in [3.63, 3.8) is 0 Å². The van der Waals surface area contributed by atoms with Gasteiger partial charge in [-0.1, -0.05) is 31.2 Å². The smallest absolute Gasteiger partial charge is 0.290 e. The molecule has 23 heavy (non-hydrogen) atoms. The van der Waals surface area contributed by atoms with Gasteiger partial charge in [0.1, 0.15) is 0 Å². The number of carbonyl (C=O) groups excluding carboxylic acids is 1. The molecule has 5 heteroatoms. The fraction of sp³-hybridized carbons (Fsp3) is 0.556. The Labute approximate surface area is 136 Å². The minimum absolute atomic E-state index is 0.250. The van der Waals surface area contributed by atoms with Crippen molar-refractivity contribution in [2.24, 2.45) is 11.3 Å². The molecule has 2 unspecified atom stereocenters. The quantitative estimate of drug-likeness (QED) is 0.842. The largest absolute Gasteiger partial charge is 0.483 e. The molecule has 1 saturated carbocycles. The number of carbonyl (C=O) groups is 2. The Morgan fingerprint density at radius 1 is 1.39 bits per heavy atom. The Kier molecular flexibility index (Phi) is 4.39. The van der Waals surface area contributed by atoms with Gasteiger partial charge in [-0.15, -0.1) is 0 Å². The van der Waals surface area contributed by atoms with E-state index in [2.05, 4.69) is 41.0 Å². The first-order chi connectivity index (χ1) is 11.1. The van der Waals surface area contributed by atoms with E-state index in [1.54, 1.807) is 0 Å². The van der Waals surface area contributed by atoms with Crippen LogP contribution in [0.4, 0.5) is 0 Å². The zero-order valence-corrected chi connectivity index (χ0v) is 13.6. The summed E-state index contributed by atoms with van der Waals surface area (Å²) in [4.78, 5) is 25.2. The van der Waals surface area contributed by atoms with Gasteiger partial charge in [-0.3, -0.25) is 14.5 Å². The lowest BCUT2D eigenvalue weighted by Gasteiger charge is -2.30. The monoisotopic (exact) mass is 316 g/mol. The normalized spacial score (nSPS) is 28.2. The van der Waals surface area contributed by atoms with Crippen LogP contribution in [0.3, 0.4) is 0 Å². The number of nitrogens with zero attached hydrogens (tertiary/aromatic N) is 2. The van der Waals surface area contributed by atoms with Gasteiger partial charge < -0.3 is 10.0 Å². The van der Waals surface area contributed by atoms with Gasteiger partial charge in [-0.2, -0.15) is 0 Å². The molecule has 0 radical (unpaired) electrons. The molecule has 1 amide bonds. The molecule has 1 aromatic carbocycles. The molecule has 2 aliphatic heterocycles. The van der Waals surface area contributed by atoms with Crippen LogP contribution in [0, 0.1) is 11.3 Å². The van der Waals surface area contributed by atoms with Crippen molar-refractivity contribution < 1.29 is 14.7 Å². The van der Waals surface area contributed by atoms with Crippen molar-refractivity contribution in [2.75, 3.05) is 26.2 Å². The zero-order chi connectivity index (χ0) is 16.4. The second-order valence-electron chi connectivity index (χ2n) is 7.16. The van der Waals surface area contributed by atoms with Gasteiger partial charge in [0.05, 0.1) is 6.54 Å². The van der Waals surface area contributed by atoms with Gasteiger partial charge in [0.15, 0.2) is 0 Å². The molecule has 1 aromatic rings. The number of benzene rings is 1. The molecule has 2 atom stereocenters. The Balaban J connectivity index is 0.000000485. The number of piperidine rings is 1. The summed E-state index contributed by atoms with van der Waals surface area (Å²) in [5.74, 6) is 1.12. The summed E-state index contributed by atoms with van der Waals surface area (Å²) in [6, 6.07) is 8.61. The van der Waals surface area contributed by atoms with Crippen molar-refractivity contribution in [3.8, 4) is 0 Å². The van der Waals surface area contributed by atoms with Crippen LogP contribution in [-0.4, -0.2) is 53.5 Å². The third-order valence-electron chi connectivity index (χ3n) is 5.45. The van der Waals surface area contributed by atoms with Crippen molar-refractivity contribution in [2.45, 2.75) is 26.3 Å². The van der Waals surface area contributed by atoms with E-state index >= 15 is 0 Å². The van der Waals surface area contributed by atoms with Crippen molar-refractivity contribution >= 4 is 12.4 Å². The number of hydrogen-bond acceptors (Lipinski definition) is 3. The molecule has 2 fully saturated rings. The van der Waals surface area contributed by atoms with Crippen LogP contribution in [0.5, 0.6) is 0 Å². The van der Waals surface area contributed by atoms with E-state index in [0.717, 1.165) is 38.5 Å². The Hall–Kier alpha value is -1.88. The van der Waals surface area contributed by atoms with Gasteiger partial charge in [0, 0.05) is 26.2 Å². The molecular weight excluding hydrogens is 292 g/mol. The molecule has 0 spiro atoms. The summed E-state index contributed by atoms with van der Waals surface area (Å²) < 4.78 is 0. The maximum absolute atomic E-state index is 12.4. The number of hydrogen-bond donors (Lipinski definition) is 1. The van der Waals surface area contributed by atoms with Gasteiger partial charge >= 0.3 is 0 Å². The Bertz CT molecular complexity index is 604. The summed E-state index contributed by atoms with van der Waals surface area (Å²) in [5, 5.41) is 6.89. The fourth-order valence-electron chi connectivity index (χ4n) is 3.92. The van der Waals surface area contributed by atoms with E-state index in [1.165, 1.54) is 17.5 Å². The molecule has 3 aliphatic rings. The average molecular weight is 316 g/mol. The van der Waals surface area contributed by atoms with E-state index in [9.17, 15) is 4.79 Å². The third kappa shape index (κ3) is 3.39. The van der Waals surface area contributed by atoms with E-state index in [-0.39, 0.29) is 6.47 Å². The van der Waals surface area contributed by atoms with Crippen LogP contribution in [0.2, 0.25) is 0 Å². The SMILES string of the molecule is CC12CC1CN(C(=O)CN1CCc3ccccc3C1)C2.O=CO. The predicted octanol–water partition coefficient (Wildman–Crippen LogP) is 1.61. The van der Waals surface area contributed by atoms with E-state index in [0.29, 0.717) is 17.9 Å². The summed E-state index contributed by atoms with van der Waals surface area (Å²) in [5.41, 5.74) is 3.30. The molecule has 0 aromatic heterocycles. The highest BCUT2D eigenvalue weighted by Crippen LogP contribution is 2.57. The van der Waals surface area contributed by atoms with E-state index in [4.69, 9.17) is 9.90 Å². The van der Waals surface area contributed by atoms with Gasteiger partial charge in [0.25, 0.3) is 6.47 Å². The predicted molar refractivity (Wildman–Crippen MR) is 86.9 cm³/mol. The van der Waals surface area contributed by atoms with Crippen LogP contribution in [-0.2, 0) is 22.6 Å². The minimum atomic E-state index is -0.250. The van der Waals surface area contributed by atoms with Gasteiger partial charge in [-0.05, 0) is 35.3 Å². The highest BCUT2D eigenvalue weighted by atomic mass is 16.3. The van der Waals surface area contributed by atoms with Crippen LogP contribution < -0.4 is 0 Å². The summed E-state index contributed by atoms with van der Waals surface area (Å²) in [6.45, 7) is 6.59. The first-order valence-corrected chi connectivity index (χ1v) is 8.20. The summed E-state index contributed by atoms with van der Waals surface area (Å²) in [7, 11) is 0. The molecule has 124 valence electrons. The molecule has 1 N–H and O–H groups in total. The van der Waals surface area contributed by atoms with E-state index < -0.39 is 0 Å².